The summed E-state index contributed by atoms with van der Waals surface area (Å²) in [6.07, 6.45) is -3.18. The molecule has 0 fully saturated rings. The number of anilines is 2. The fourth-order valence-corrected chi connectivity index (χ4v) is 2.08. The third-order valence-electron chi connectivity index (χ3n) is 2.74. The molecule has 0 aliphatic rings. The molecule has 22 heavy (non-hydrogen) atoms. The molecule has 0 aliphatic carbocycles. The highest BCUT2D eigenvalue weighted by Gasteiger charge is 2.32. The first-order valence-electron chi connectivity index (χ1n) is 6.04. The van der Waals surface area contributed by atoms with E-state index in [0.29, 0.717) is 17.0 Å². The van der Waals surface area contributed by atoms with Crippen molar-refractivity contribution < 1.29 is 17.9 Å². The first kappa shape index (κ1) is 14.5. The number of alkyl halides is 3. The smallest absolute Gasteiger partial charge is 0.404 e. The molecule has 9 heteroatoms. The van der Waals surface area contributed by atoms with E-state index in [-0.39, 0.29) is 5.02 Å². The van der Waals surface area contributed by atoms with Crippen molar-refractivity contribution in [2.45, 2.75) is 6.36 Å². The predicted octanol–water partition coefficient (Wildman–Crippen LogP) is 4.25. The highest BCUT2D eigenvalue weighted by atomic mass is 35.5. The summed E-state index contributed by atoms with van der Waals surface area (Å²) < 4.78 is 40.3. The number of nitrogens with zero attached hydrogens (tertiary/aromatic N) is 2. The molecule has 114 valence electrons. The number of nitrogens with one attached hydrogen (secondary N) is 2. The molecule has 2 heterocycles. The zero-order valence-electron chi connectivity index (χ0n) is 10.8. The van der Waals surface area contributed by atoms with E-state index in [0.717, 1.165) is 11.6 Å². The second-order valence-corrected chi connectivity index (χ2v) is 4.70. The normalized spacial score (nSPS) is 11.6. The fraction of sp³-hybridized carbons (Fsp3) is 0.0769. The van der Waals surface area contributed by atoms with Crippen LogP contribution < -0.4 is 10.1 Å². The summed E-state index contributed by atoms with van der Waals surface area (Å²) in [5.74, 6) is -0.0270. The van der Waals surface area contributed by atoms with Crippen LogP contribution in [0.2, 0.25) is 5.02 Å². The molecule has 0 unspecified atom stereocenters. The zero-order valence-corrected chi connectivity index (χ0v) is 11.5. The lowest BCUT2D eigenvalue weighted by Gasteiger charge is -2.11. The molecule has 2 aromatic heterocycles. The SMILES string of the molecule is FC(F)(F)Oc1ccc(Nc2n[nH]c3cccnc23)cc1Cl. The van der Waals surface area contributed by atoms with Gasteiger partial charge in [-0.25, -0.2) is 0 Å². The minimum Gasteiger partial charge on any atom is -0.404 e. The number of aromatic nitrogens is 3. The van der Waals surface area contributed by atoms with Crippen LogP contribution in [0.25, 0.3) is 11.0 Å². The van der Waals surface area contributed by atoms with Crippen molar-refractivity contribution in [1.29, 1.82) is 0 Å². The molecule has 1 aromatic carbocycles. The number of pyridine rings is 1. The van der Waals surface area contributed by atoms with Gasteiger partial charge in [-0.3, -0.25) is 10.1 Å². The standard InChI is InChI=1S/C13H8ClF3N4O/c14-8-6-7(3-4-10(8)22-13(15,16)17)19-12-11-9(20-21-12)2-1-5-18-11/h1-6H,(H2,19,20,21). The molecular formula is C13H8ClF3N4O. The summed E-state index contributed by atoms with van der Waals surface area (Å²) in [6, 6.07) is 7.39. The summed E-state index contributed by atoms with van der Waals surface area (Å²) in [5, 5.41) is 9.59. The number of hydrogen-bond acceptors (Lipinski definition) is 4. The number of H-pyrrole nitrogens is 1. The van der Waals surface area contributed by atoms with E-state index in [9.17, 15) is 13.2 Å². The first-order valence-corrected chi connectivity index (χ1v) is 6.41. The molecule has 0 atom stereocenters. The number of aromatic amines is 1. The molecule has 3 aromatic rings. The number of halogens is 4. The highest BCUT2D eigenvalue weighted by Crippen LogP contribution is 2.33. The second-order valence-electron chi connectivity index (χ2n) is 4.29. The van der Waals surface area contributed by atoms with Gasteiger partial charge in [0.05, 0.1) is 10.5 Å². The van der Waals surface area contributed by atoms with Gasteiger partial charge in [0.15, 0.2) is 5.82 Å². The van der Waals surface area contributed by atoms with E-state index in [4.69, 9.17) is 11.6 Å². The third kappa shape index (κ3) is 3.06. The van der Waals surface area contributed by atoms with Gasteiger partial charge >= 0.3 is 6.36 Å². The Morgan fingerprint density at radius 1 is 1.23 bits per heavy atom. The maximum atomic E-state index is 12.2. The summed E-state index contributed by atoms with van der Waals surface area (Å²) in [7, 11) is 0. The van der Waals surface area contributed by atoms with Gasteiger partial charge in [-0.05, 0) is 30.3 Å². The minimum absolute atomic E-state index is 0.171. The lowest BCUT2D eigenvalue weighted by molar-refractivity contribution is -0.274. The van der Waals surface area contributed by atoms with Crippen LogP contribution in [-0.2, 0) is 0 Å². The Bertz CT molecular complexity index is 818. The number of fused-ring (bicyclic) bond motifs is 1. The Hall–Kier alpha value is -2.48. The van der Waals surface area contributed by atoms with Gasteiger partial charge in [-0.2, -0.15) is 5.10 Å². The van der Waals surface area contributed by atoms with E-state index in [1.807, 2.05) is 0 Å². The van der Waals surface area contributed by atoms with Crippen molar-refractivity contribution in [3.63, 3.8) is 0 Å². The van der Waals surface area contributed by atoms with Crippen molar-refractivity contribution in [2.24, 2.45) is 0 Å². The molecule has 0 spiro atoms. The largest absolute Gasteiger partial charge is 0.573 e. The van der Waals surface area contributed by atoms with Crippen LogP contribution in [-0.4, -0.2) is 21.5 Å². The van der Waals surface area contributed by atoms with Gasteiger partial charge < -0.3 is 10.1 Å². The van der Waals surface area contributed by atoms with E-state index >= 15 is 0 Å². The molecular weight excluding hydrogens is 321 g/mol. The lowest BCUT2D eigenvalue weighted by atomic mass is 10.3. The Kier molecular flexibility index (Phi) is 3.53. The molecule has 0 saturated heterocycles. The lowest BCUT2D eigenvalue weighted by Crippen LogP contribution is -2.17. The molecule has 0 amide bonds. The van der Waals surface area contributed by atoms with E-state index < -0.39 is 12.1 Å². The van der Waals surface area contributed by atoms with E-state index in [1.54, 1.807) is 18.3 Å². The molecule has 3 rings (SSSR count). The molecule has 5 nitrogen and oxygen atoms in total. The van der Waals surface area contributed by atoms with Crippen LogP contribution in [0.1, 0.15) is 0 Å². The Morgan fingerprint density at radius 2 is 2.05 bits per heavy atom. The second kappa shape index (κ2) is 5.38. The highest BCUT2D eigenvalue weighted by molar-refractivity contribution is 6.32. The van der Waals surface area contributed by atoms with Gasteiger partial charge in [-0.1, -0.05) is 11.6 Å². The average molecular weight is 329 g/mol. The van der Waals surface area contributed by atoms with Crippen LogP contribution in [0, 0.1) is 0 Å². The van der Waals surface area contributed by atoms with Crippen LogP contribution >= 0.6 is 11.6 Å². The summed E-state index contributed by atoms with van der Waals surface area (Å²) in [4.78, 5) is 4.16. The molecule has 0 aliphatic heterocycles. The summed E-state index contributed by atoms with van der Waals surface area (Å²) in [5.41, 5.74) is 1.79. The van der Waals surface area contributed by atoms with Crippen LogP contribution in [0.3, 0.4) is 0 Å². The predicted molar refractivity (Wildman–Crippen MR) is 75.3 cm³/mol. The Labute approximate surface area is 127 Å². The van der Waals surface area contributed by atoms with Gasteiger partial charge in [0, 0.05) is 11.9 Å². The van der Waals surface area contributed by atoms with Gasteiger partial charge in [0.2, 0.25) is 0 Å². The van der Waals surface area contributed by atoms with Crippen molar-refractivity contribution in [3.8, 4) is 5.75 Å². The number of rotatable bonds is 3. The maximum absolute atomic E-state index is 12.2. The zero-order chi connectivity index (χ0) is 15.7. The number of benzene rings is 1. The number of ether oxygens (including phenoxy) is 1. The molecule has 2 N–H and O–H groups in total. The first-order chi connectivity index (χ1) is 10.4. The van der Waals surface area contributed by atoms with Crippen molar-refractivity contribution in [3.05, 3.63) is 41.6 Å². The number of hydrogen-bond donors (Lipinski definition) is 2. The van der Waals surface area contributed by atoms with Gasteiger partial charge in [-0.15, -0.1) is 13.2 Å². The van der Waals surface area contributed by atoms with Crippen molar-refractivity contribution in [2.75, 3.05) is 5.32 Å². The van der Waals surface area contributed by atoms with E-state index in [2.05, 4.69) is 25.2 Å². The topological polar surface area (TPSA) is 62.8 Å². The Morgan fingerprint density at radius 3 is 2.77 bits per heavy atom. The third-order valence-corrected chi connectivity index (χ3v) is 3.04. The van der Waals surface area contributed by atoms with Crippen molar-refractivity contribution in [1.82, 2.24) is 15.2 Å². The quantitative estimate of drug-likeness (QED) is 0.754. The fourth-order valence-electron chi connectivity index (χ4n) is 1.86. The van der Waals surface area contributed by atoms with Crippen molar-refractivity contribution >= 4 is 34.1 Å². The average Bonchev–Trinajstić information content (AvgIpc) is 2.84. The monoisotopic (exact) mass is 328 g/mol. The van der Waals surface area contributed by atoms with Crippen LogP contribution in [0.5, 0.6) is 5.75 Å². The van der Waals surface area contributed by atoms with Gasteiger partial charge in [0.1, 0.15) is 11.3 Å². The molecule has 0 bridgehead atoms. The van der Waals surface area contributed by atoms with Crippen LogP contribution in [0.4, 0.5) is 24.7 Å². The molecule has 0 radical (unpaired) electrons. The summed E-state index contributed by atoms with van der Waals surface area (Å²) >= 11 is 5.79. The molecule has 0 saturated carbocycles. The van der Waals surface area contributed by atoms with E-state index in [1.165, 1.54) is 12.1 Å². The van der Waals surface area contributed by atoms with Crippen LogP contribution in [0.15, 0.2) is 36.5 Å². The summed E-state index contributed by atoms with van der Waals surface area (Å²) in [6.45, 7) is 0. The Balaban J connectivity index is 1.86. The minimum atomic E-state index is -4.79. The van der Waals surface area contributed by atoms with Gasteiger partial charge in [0.25, 0.3) is 0 Å². The maximum Gasteiger partial charge on any atom is 0.573 e.